The van der Waals surface area contributed by atoms with E-state index in [0.717, 1.165) is 81.4 Å². The van der Waals surface area contributed by atoms with Crippen molar-refractivity contribution in [1.82, 2.24) is 17.9 Å². The predicted octanol–water partition coefficient (Wildman–Crippen LogP) is 15.2. The fraction of sp³-hybridized carbons (Fsp3) is 0.138. The molecule has 0 bridgehead atoms. The van der Waals surface area contributed by atoms with Gasteiger partial charge in [0.05, 0.1) is 82.9 Å². The zero-order chi connectivity index (χ0) is 103. The molecule has 18 N–H and O–H groups in total. The molecule has 0 fully saturated rings. The molecule has 0 saturated heterocycles. The van der Waals surface area contributed by atoms with Crippen LogP contribution in [0.1, 0.15) is 112 Å². The van der Waals surface area contributed by atoms with Crippen LogP contribution in [0.2, 0.25) is 0 Å². The van der Waals surface area contributed by atoms with Crippen LogP contribution in [0, 0.1) is 13.8 Å². The molecule has 0 radical (unpaired) electrons. The molecule has 4 heterocycles. The average Bonchev–Trinajstić information content (AvgIpc) is 1.63. The molecular formula is C109H106BBr2ClLiN11O20S2. The van der Waals surface area contributed by atoms with Crippen molar-refractivity contribution in [3.8, 4) is 22.3 Å². The van der Waals surface area contributed by atoms with Crippen LogP contribution in [0.25, 0.3) is 65.9 Å². The number of aryl methyl sites for hydroxylation is 2. The van der Waals surface area contributed by atoms with Gasteiger partial charge in [-0.25, -0.2) is 29.6 Å². The SMILES string of the molecule is CCOC(=O)Cc1ccccc1N.CCOC(=O)Cc1ccccc1NC(=O)c1cc(-c2cccc(CN)c2)c2[nH]ccc2c1.CCOC(=O)Cc1ccccc1NC(=O)c1cc(Br)c2c(ccn2S(=O)(=O)c2ccc(C)cc2)c1.Cc1ccc(S(=O)(=O)n2ccc3cc(C(=O)O)cc(Br)c32)cc1.Cl.NCc1cccc(-c2cc(C(=O)Nc3ccccc3CC(=O)O)cc3cc[nH]c23)c1.NCc1cccc(B(O)O)c1.[Li+].[OH-]. The Hall–Kier alpha value is -14.8. The van der Waals surface area contributed by atoms with Crippen LogP contribution in [0.5, 0.6) is 0 Å². The Morgan fingerprint density at radius 2 is 0.741 bits per heavy atom. The van der Waals surface area contributed by atoms with Crippen molar-refractivity contribution in [2.24, 2.45) is 17.2 Å². The fourth-order valence-corrected chi connectivity index (χ4v) is 19.6. The number of hydrogen-bond acceptors (Lipinski definition) is 22. The summed E-state index contributed by atoms with van der Waals surface area (Å²) in [4.78, 5) is 103. The van der Waals surface area contributed by atoms with Crippen LogP contribution in [0.4, 0.5) is 22.7 Å². The largest absolute Gasteiger partial charge is 1.00 e. The molecule has 0 atom stereocenters. The monoisotopic (exact) mass is 2160 g/mol. The number of nitrogens with zero attached hydrogens (tertiary/aromatic N) is 2. The van der Waals surface area contributed by atoms with Gasteiger partial charge in [-0.3, -0.25) is 33.6 Å². The number of ether oxygens (including phenoxy) is 3. The molecule has 0 aliphatic carbocycles. The van der Waals surface area contributed by atoms with Gasteiger partial charge in [0.1, 0.15) is 0 Å². The van der Waals surface area contributed by atoms with E-state index in [1.807, 2.05) is 154 Å². The molecule has 0 saturated carbocycles. The molecule has 754 valence electrons. The molecule has 0 aliphatic rings. The van der Waals surface area contributed by atoms with Gasteiger partial charge in [-0.2, -0.15) is 0 Å². The Labute approximate surface area is 883 Å². The number of carbonyl (C=O) groups is 8. The van der Waals surface area contributed by atoms with E-state index in [2.05, 4.69) is 57.8 Å². The first-order chi connectivity index (χ1) is 69.1. The number of aromatic carboxylic acids is 1. The number of carboxylic acids is 2. The summed E-state index contributed by atoms with van der Waals surface area (Å²) >= 11 is 6.72. The zero-order valence-corrected chi connectivity index (χ0v) is 86.3. The van der Waals surface area contributed by atoms with Crippen LogP contribution in [0.3, 0.4) is 0 Å². The molecule has 17 aromatic rings. The standard InChI is InChI=1S/C26H23BrN2O5S.C26H25N3O3.C24H21N3O3.C16H12BrNO4S.C10H13NO2.C7H10BNO2.ClH.Li.H2O/c1-3-34-24(30)16-18-6-4-5-7-23(18)28-26(31)20-14-19-12-13-29(25(19)22(27)15-20)35(32,33)21-10-8-17(2)9-11-21;1-2-32-24(30)15-19-7-3-4-9-23(19)29-26(31)21-13-20-10-11-28-25(20)22(14-21)18-8-5-6-17(12-18)16-27;25-14-15-4-3-6-16(10-15)20-12-19(11-18-8-9-26-23(18)20)24(30)27-21-7-2-1-5-17(21)13-22(28)29;1-10-2-4-13(5-3-10)23(21,22)18-7-6-11-8-12(16(19)20)9-14(17)15(11)18;1-2-13-10(12)7-8-5-3-4-6-9(8)11;9-5-6-2-1-3-7(4-6)8(10)11;;;/h4-15H,3,16H2,1-2H3,(H,28,31);3-14,28H,2,15-16,27H2,1H3,(H,29,31);1-12,26H,13-14,25H2,(H,27,30)(H,28,29);2-9H,1H3,(H,19,20);3-6H,2,7,11H2,1H3;1-4,10-11H,5,9H2;1H;;1H2/q;;;;;;;+1;/p-1. The van der Waals surface area contributed by atoms with Crippen LogP contribution >= 0.6 is 44.3 Å². The Balaban J connectivity index is 0.000000202. The number of anilines is 4. The summed E-state index contributed by atoms with van der Waals surface area (Å²) in [5.74, 6) is -3.90. The normalized spacial score (nSPS) is 10.7. The second-order valence-electron chi connectivity index (χ2n) is 32.6. The van der Waals surface area contributed by atoms with E-state index in [4.69, 9.17) is 57.4 Å². The van der Waals surface area contributed by atoms with Crippen molar-refractivity contribution in [2.45, 2.75) is 89.7 Å². The first-order valence-electron chi connectivity index (χ1n) is 45.3. The number of aliphatic carboxylic acids is 1. The zero-order valence-electron chi connectivity index (χ0n) is 80.7. The van der Waals surface area contributed by atoms with Gasteiger partial charge in [0.15, 0.2) is 0 Å². The molecule has 0 aliphatic heterocycles. The van der Waals surface area contributed by atoms with Crippen LogP contribution < -0.4 is 63.2 Å². The molecule has 4 aromatic heterocycles. The van der Waals surface area contributed by atoms with E-state index in [1.165, 1.54) is 28.5 Å². The van der Waals surface area contributed by atoms with Crippen molar-refractivity contribution in [2.75, 3.05) is 41.5 Å². The van der Waals surface area contributed by atoms with E-state index in [-0.39, 0.29) is 114 Å². The number of nitrogen functional groups attached to an aromatic ring is 1. The first-order valence-corrected chi connectivity index (χ1v) is 49.7. The summed E-state index contributed by atoms with van der Waals surface area (Å²) in [7, 11) is -8.98. The average molecular weight is 2170 g/mol. The van der Waals surface area contributed by atoms with E-state index < -0.39 is 45.0 Å². The number of fused-ring (bicyclic) bond motifs is 4. The number of H-pyrrole nitrogens is 2. The van der Waals surface area contributed by atoms with Gasteiger partial charge in [-0.05, 0) is 255 Å². The van der Waals surface area contributed by atoms with Gasteiger partial charge < -0.3 is 88.8 Å². The number of amides is 3. The quantitative estimate of drug-likeness (QED) is 0.00937. The Kier molecular flexibility index (Phi) is 42.8. The third-order valence-corrected chi connectivity index (χ3v) is 27.0. The molecule has 147 heavy (non-hydrogen) atoms. The number of rotatable bonds is 28. The summed E-state index contributed by atoms with van der Waals surface area (Å²) in [5, 5.41) is 47.3. The van der Waals surface area contributed by atoms with Gasteiger partial charge >= 0.3 is 55.8 Å². The molecule has 31 nitrogen and oxygen atoms in total. The Bertz CT molecular complexity index is 7820. The first kappa shape index (κ1) is 116. The Morgan fingerprint density at radius 3 is 1.12 bits per heavy atom. The number of carbonyl (C=O) groups excluding carboxylic acids is 6. The molecular weight excluding hydrogens is 2060 g/mol. The number of halogens is 3. The second kappa shape index (κ2) is 54.4. The summed E-state index contributed by atoms with van der Waals surface area (Å²) in [5.41, 5.74) is 40.8. The van der Waals surface area contributed by atoms with Crippen molar-refractivity contribution in [3.05, 3.63) is 397 Å². The summed E-state index contributed by atoms with van der Waals surface area (Å²) in [6.07, 6.45) is 6.81. The van der Waals surface area contributed by atoms with Crippen molar-refractivity contribution in [3.63, 3.8) is 0 Å². The van der Waals surface area contributed by atoms with Crippen LogP contribution in [-0.4, -0.2) is 135 Å². The topological polar surface area (TPSA) is 525 Å². The molecule has 0 spiro atoms. The number of aromatic nitrogens is 4. The van der Waals surface area contributed by atoms with E-state index in [9.17, 15) is 55.2 Å². The second-order valence-corrected chi connectivity index (χ2v) is 37.9. The predicted molar refractivity (Wildman–Crippen MR) is 577 cm³/mol. The molecule has 3 amide bonds. The number of nitrogens with one attached hydrogen (secondary N) is 5. The van der Waals surface area contributed by atoms with Gasteiger partial charge in [-0.15, -0.1) is 12.4 Å². The van der Waals surface area contributed by atoms with Crippen LogP contribution in [0.15, 0.2) is 335 Å². The van der Waals surface area contributed by atoms with E-state index in [1.54, 1.807) is 172 Å². The summed E-state index contributed by atoms with van der Waals surface area (Å²) in [6.45, 7) is 11.4. The van der Waals surface area contributed by atoms with E-state index in [0.29, 0.717) is 125 Å². The Morgan fingerprint density at radius 1 is 0.401 bits per heavy atom. The summed E-state index contributed by atoms with van der Waals surface area (Å²) < 4.78 is 70.2. The van der Waals surface area contributed by atoms with Gasteiger partial charge in [0.25, 0.3) is 37.8 Å². The van der Waals surface area contributed by atoms with Crippen molar-refractivity contribution >= 4 is 191 Å². The minimum atomic E-state index is -3.82. The third-order valence-electron chi connectivity index (χ3n) is 22.5. The fourth-order valence-electron chi connectivity index (χ4n) is 15.3. The molecule has 0 unspecified atom stereocenters. The minimum absolute atomic E-state index is 0. The molecule has 38 heteroatoms. The van der Waals surface area contributed by atoms with Gasteiger partial charge in [-0.1, -0.05) is 169 Å². The van der Waals surface area contributed by atoms with Crippen LogP contribution in [-0.2, 0) is 98.8 Å². The number of aromatic amines is 2. The number of para-hydroxylation sites is 4. The third kappa shape index (κ3) is 30.4. The summed E-state index contributed by atoms with van der Waals surface area (Å²) in [6, 6.07) is 85.0. The number of carboxylic acid groups (broad SMARTS) is 2. The number of esters is 3. The maximum atomic E-state index is 13.2. The molecule has 17 rings (SSSR count). The number of nitrogens with two attached hydrogens (primary N) is 4. The van der Waals surface area contributed by atoms with Crippen molar-refractivity contribution < 1.29 is 114 Å². The van der Waals surface area contributed by atoms with E-state index >= 15 is 0 Å². The number of benzene rings is 13. The van der Waals surface area contributed by atoms with Gasteiger partial charge in [0, 0.05) is 125 Å². The smallest absolute Gasteiger partial charge is 0.870 e. The van der Waals surface area contributed by atoms with Gasteiger partial charge in [0.2, 0.25) is 0 Å². The molecule has 13 aromatic carbocycles. The maximum absolute atomic E-state index is 13.2. The number of hydrogen-bond donors (Lipinski definition) is 13. The minimum Gasteiger partial charge on any atom is -0.870 e. The maximum Gasteiger partial charge on any atom is 1.00 e. The van der Waals surface area contributed by atoms with Crippen molar-refractivity contribution in [1.29, 1.82) is 0 Å².